The Labute approximate surface area is 128 Å². The van der Waals surface area contributed by atoms with Gasteiger partial charge >= 0.3 is 0 Å². The summed E-state index contributed by atoms with van der Waals surface area (Å²) in [5, 5.41) is 0. The number of hydrogen-bond donors (Lipinski definition) is 1. The van der Waals surface area contributed by atoms with Crippen LogP contribution in [0.4, 0.5) is 0 Å². The molecule has 1 heterocycles. The molecule has 0 spiro atoms. The van der Waals surface area contributed by atoms with Crippen molar-refractivity contribution in [1.82, 2.24) is 4.90 Å². The molecule has 2 unspecified atom stereocenters. The van der Waals surface area contributed by atoms with Crippen LogP contribution in [0.15, 0.2) is 24.3 Å². The Morgan fingerprint density at radius 1 is 1.33 bits per heavy atom. The minimum atomic E-state index is 0.0618. The van der Waals surface area contributed by atoms with Gasteiger partial charge in [0.05, 0.1) is 25.4 Å². The first-order chi connectivity index (χ1) is 10.3. The third kappa shape index (κ3) is 4.19. The van der Waals surface area contributed by atoms with Crippen molar-refractivity contribution in [3.05, 3.63) is 29.8 Å². The molecule has 0 bridgehead atoms. The highest BCUT2D eigenvalue weighted by Crippen LogP contribution is 2.31. The molecule has 1 aromatic carbocycles. The van der Waals surface area contributed by atoms with Gasteiger partial charge < -0.3 is 15.2 Å². The van der Waals surface area contributed by atoms with Crippen molar-refractivity contribution in [2.24, 2.45) is 5.73 Å². The molecular formula is C17H28N2O2. The maximum absolute atomic E-state index is 5.92. The van der Waals surface area contributed by atoms with Crippen LogP contribution in [0.5, 0.6) is 5.75 Å². The lowest BCUT2D eigenvalue weighted by atomic mass is 9.97. The molecule has 1 fully saturated rings. The van der Waals surface area contributed by atoms with E-state index in [2.05, 4.69) is 36.9 Å². The molecule has 2 N–H and O–H groups in total. The lowest BCUT2D eigenvalue weighted by Crippen LogP contribution is -2.48. The number of ether oxygens (including phenoxy) is 2. The molecule has 0 saturated carbocycles. The van der Waals surface area contributed by atoms with Gasteiger partial charge in [-0.15, -0.1) is 0 Å². The zero-order valence-electron chi connectivity index (χ0n) is 13.3. The van der Waals surface area contributed by atoms with Crippen LogP contribution in [0.3, 0.4) is 0 Å². The molecule has 0 aliphatic carbocycles. The second-order valence-corrected chi connectivity index (χ2v) is 5.55. The fraction of sp³-hybridized carbons (Fsp3) is 0.647. The summed E-state index contributed by atoms with van der Waals surface area (Å²) in [6, 6.07) is 8.61. The van der Waals surface area contributed by atoms with Crippen LogP contribution >= 0.6 is 0 Å². The Balaban J connectivity index is 2.21. The summed E-state index contributed by atoms with van der Waals surface area (Å²) in [5.41, 5.74) is 7.17. The van der Waals surface area contributed by atoms with E-state index in [1.165, 1.54) is 5.56 Å². The Hall–Kier alpha value is -1.10. The van der Waals surface area contributed by atoms with Crippen molar-refractivity contribution in [2.75, 3.05) is 32.8 Å². The van der Waals surface area contributed by atoms with E-state index in [4.69, 9.17) is 15.2 Å². The lowest BCUT2D eigenvalue weighted by Gasteiger charge is -2.41. The highest BCUT2D eigenvalue weighted by molar-refractivity contribution is 5.31. The summed E-state index contributed by atoms with van der Waals surface area (Å²) in [6.07, 6.45) is 2.22. The Morgan fingerprint density at radius 2 is 2.19 bits per heavy atom. The van der Waals surface area contributed by atoms with Gasteiger partial charge in [-0.3, -0.25) is 4.90 Å². The standard InChI is InChI=1S/C17H28N2O2/c1-3-8-19-9-11-21-16(13-18)17(19)14-6-5-7-15(12-14)20-10-4-2/h5-7,12,16-17H,3-4,8-11,13,18H2,1-2H3. The van der Waals surface area contributed by atoms with Gasteiger partial charge in [0, 0.05) is 13.1 Å². The van der Waals surface area contributed by atoms with Crippen LogP contribution in [0.2, 0.25) is 0 Å². The smallest absolute Gasteiger partial charge is 0.119 e. The van der Waals surface area contributed by atoms with Gasteiger partial charge in [0.2, 0.25) is 0 Å². The van der Waals surface area contributed by atoms with E-state index in [1.807, 2.05) is 6.07 Å². The highest BCUT2D eigenvalue weighted by Gasteiger charge is 2.32. The Bertz CT molecular complexity index is 423. The summed E-state index contributed by atoms with van der Waals surface area (Å²) >= 11 is 0. The highest BCUT2D eigenvalue weighted by atomic mass is 16.5. The molecule has 0 radical (unpaired) electrons. The summed E-state index contributed by atoms with van der Waals surface area (Å²) in [4.78, 5) is 2.49. The number of rotatable bonds is 7. The third-order valence-electron chi connectivity index (χ3n) is 3.87. The van der Waals surface area contributed by atoms with Crippen molar-refractivity contribution >= 4 is 0 Å². The molecule has 4 heteroatoms. The molecule has 4 nitrogen and oxygen atoms in total. The van der Waals surface area contributed by atoms with Crippen LogP contribution in [-0.2, 0) is 4.74 Å². The third-order valence-corrected chi connectivity index (χ3v) is 3.87. The maximum atomic E-state index is 5.92. The molecule has 1 aliphatic heterocycles. The average molecular weight is 292 g/mol. The lowest BCUT2D eigenvalue weighted by molar-refractivity contribution is -0.0676. The van der Waals surface area contributed by atoms with E-state index in [0.29, 0.717) is 6.54 Å². The van der Waals surface area contributed by atoms with Crippen LogP contribution in [0.1, 0.15) is 38.3 Å². The first kappa shape index (κ1) is 16.3. The number of morpholine rings is 1. The van der Waals surface area contributed by atoms with Crippen LogP contribution in [0, 0.1) is 0 Å². The zero-order valence-corrected chi connectivity index (χ0v) is 13.3. The minimum absolute atomic E-state index is 0.0618. The number of hydrogen-bond acceptors (Lipinski definition) is 4. The molecular weight excluding hydrogens is 264 g/mol. The first-order valence-electron chi connectivity index (χ1n) is 8.08. The van der Waals surface area contributed by atoms with Crippen LogP contribution in [0.25, 0.3) is 0 Å². The second-order valence-electron chi connectivity index (χ2n) is 5.55. The second kappa shape index (κ2) is 8.37. The normalized spacial score (nSPS) is 23.2. The Kier molecular flexibility index (Phi) is 6.49. The van der Waals surface area contributed by atoms with E-state index in [1.54, 1.807) is 0 Å². The summed E-state index contributed by atoms with van der Waals surface area (Å²) < 4.78 is 11.6. The molecule has 1 aliphatic rings. The molecule has 1 saturated heterocycles. The average Bonchev–Trinajstić information content (AvgIpc) is 2.53. The molecule has 0 aromatic heterocycles. The van der Waals surface area contributed by atoms with Gasteiger partial charge in [0.15, 0.2) is 0 Å². The largest absolute Gasteiger partial charge is 0.494 e. The first-order valence-corrected chi connectivity index (χ1v) is 8.08. The van der Waals surface area contributed by atoms with Crippen molar-refractivity contribution < 1.29 is 9.47 Å². The van der Waals surface area contributed by atoms with E-state index in [9.17, 15) is 0 Å². The minimum Gasteiger partial charge on any atom is -0.494 e. The monoisotopic (exact) mass is 292 g/mol. The number of benzene rings is 1. The number of nitrogens with zero attached hydrogens (tertiary/aromatic N) is 1. The van der Waals surface area contributed by atoms with Gasteiger partial charge in [-0.1, -0.05) is 26.0 Å². The Morgan fingerprint density at radius 3 is 2.90 bits per heavy atom. The summed E-state index contributed by atoms with van der Waals surface area (Å²) in [5.74, 6) is 0.937. The maximum Gasteiger partial charge on any atom is 0.119 e. The van der Waals surface area contributed by atoms with Crippen LogP contribution < -0.4 is 10.5 Å². The molecule has 0 amide bonds. The number of nitrogens with two attached hydrogens (primary N) is 1. The molecule has 2 rings (SSSR count). The SMILES string of the molecule is CCCOc1cccc(C2C(CN)OCCN2CCC)c1. The van der Waals surface area contributed by atoms with Crippen LogP contribution in [-0.4, -0.2) is 43.9 Å². The van der Waals surface area contributed by atoms with E-state index in [-0.39, 0.29) is 12.1 Å². The van der Waals surface area contributed by atoms with Crippen molar-refractivity contribution in [3.8, 4) is 5.75 Å². The summed E-state index contributed by atoms with van der Waals surface area (Å²) in [6.45, 7) is 8.44. The molecule has 21 heavy (non-hydrogen) atoms. The van der Waals surface area contributed by atoms with Gasteiger partial charge in [-0.2, -0.15) is 0 Å². The van der Waals surface area contributed by atoms with Gasteiger partial charge in [0.25, 0.3) is 0 Å². The summed E-state index contributed by atoms with van der Waals surface area (Å²) in [7, 11) is 0. The van der Waals surface area contributed by atoms with E-state index >= 15 is 0 Å². The van der Waals surface area contributed by atoms with Gasteiger partial charge in [0.1, 0.15) is 5.75 Å². The quantitative estimate of drug-likeness (QED) is 0.839. The van der Waals surface area contributed by atoms with Crippen molar-refractivity contribution in [2.45, 2.75) is 38.8 Å². The van der Waals surface area contributed by atoms with E-state index < -0.39 is 0 Å². The predicted octanol–water partition coefficient (Wildman–Crippen LogP) is 2.59. The van der Waals surface area contributed by atoms with Crippen molar-refractivity contribution in [1.29, 1.82) is 0 Å². The van der Waals surface area contributed by atoms with Gasteiger partial charge in [-0.25, -0.2) is 0 Å². The molecule has 118 valence electrons. The fourth-order valence-electron chi connectivity index (χ4n) is 2.96. The predicted molar refractivity (Wildman–Crippen MR) is 85.6 cm³/mol. The fourth-order valence-corrected chi connectivity index (χ4v) is 2.96. The van der Waals surface area contributed by atoms with Gasteiger partial charge in [-0.05, 0) is 37.1 Å². The van der Waals surface area contributed by atoms with E-state index in [0.717, 1.165) is 44.9 Å². The topological polar surface area (TPSA) is 47.7 Å². The molecule has 1 aromatic rings. The zero-order chi connectivity index (χ0) is 15.1. The molecule has 2 atom stereocenters. The van der Waals surface area contributed by atoms with Crippen molar-refractivity contribution in [3.63, 3.8) is 0 Å².